The summed E-state index contributed by atoms with van der Waals surface area (Å²) in [5, 5.41) is 0.505. The molecule has 0 saturated carbocycles. The molecule has 0 atom stereocenters. The second-order valence-electron chi connectivity index (χ2n) is 7.47. The summed E-state index contributed by atoms with van der Waals surface area (Å²) in [5.74, 6) is 0.597. The van der Waals surface area contributed by atoms with Crippen molar-refractivity contribution in [1.82, 2.24) is 0 Å². The van der Waals surface area contributed by atoms with E-state index >= 15 is 0 Å². The number of furan rings is 1. The lowest BCUT2D eigenvalue weighted by Gasteiger charge is -2.15. The molecule has 0 aliphatic heterocycles. The number of alkyl halides is 3. The predicted molar refractivity (Wildman–Crippen MR) is 113 cm³/mol. The molecule has 0 aliphatic carbocycles. The first-order valence-corrected chi connectivity index (χ1v) is 10.2. The van der Waals surface area contributed by atoms with Crippen molar-refractivity contribution < 1.29 is 36.6 Å². The number of halogens is 3. The molecule has 5 nitrogen and oxygen atoms in total. The SMILES string of the molecule is CCOC(=O)CCc1ccc(OCc2cc(OC(F)(F)F)cc3cc(C)oc23)c(C)c1C. The average Bonchev–Trinajstić information content (AvgIpc) is 3.07. The molecule has 0 bridgehead atoms. The Morgan fingerprint density at radius 1 is 1.03 bits per heavy atom. The molecule has 172 valence electrons. The van der Waals surface area contributed by atoms with Crippen molar-refractivity contribution in [3.63, 3.8) is 0 Å². The Bertz CT molecular complexity index is 1120. The standard InChI is InChI=1S/C24H25F3O5/c1-5-29-22(28)9-7-17-6-8-21(16(4)15(17)3)30-13-19-12-20(32-24(25,26)27)11-18-10-14(2)31-23(18)19/h6,8,10-12H,5,7,9,13H2,1-4H3. The summed E-state index contributed by atoms with van der Waals surface area (Å²) in [4.78, 5) is 11.6. The van der Waals surface area contributed by atoms with Crippen LogP contribution in [-0.2, 0) is 22.6 Å². The first-order chi connectivity index (χ1) is 15.1. The van der Waals surface area contributed by atoms with Gasteiger partial charge in [0.2, 0.25) is 0 Å². The van der Waals surface area contributed by atoms with Gasteiger partial charge in [0.15, 0.2) is 0 Å². The summed E-state index contributed by atoms with van der Waals surface area (Å²) in [5.41, 5.74) is 3.78. The van der Waals surface area contributed by atoms with Crippen LogP contribution in [0.25, 0.3) is 11.0 Å². The van der Waals surface area contributed by atoms with Crippen LogP contribution in [0.1, 0.15) is 41.4 Å². The molecule has 1 heterocycles. The minimum atomic E-state index is -4.79. The van der Waals surface area contributed by atoms with Crippen molar-refractivity contribution in [2.24, 2.45) is 0 Å². The Hall–Kier alpha value is -3.16. The van der Waals surface area contributed by atoms with E-state index in [-0.39, 0.29) is 24.7 Å². The molecule has 0 saturated heterocycles. The molecule has 1 aromatic heterocycles. The quantitative estimate of drug-likeness (QED) is 0.375. The highest BCUT2D eigenvalue weighted by atomic mass is 19.4. The van der Waals surface area contributed by atoms with Crippen LogP contribution in [0.2, 0.25) is 0 Å². The minimum absolute atomic E-state index is 0.000955. The molecular formula is C24H25F3O5. The first-order valence-electron chi connectivity index (χ1n) is 10.2. The Balaban J connectivity index is 1.80. The van der Waals surface area contributed by atoms with Crippen molar-refractivity contribution in [2.75, 3.05) is 6.61 Å². The lowest BCUT2D eigenvalue weighted by atomic mass is 9.99. The largest absolute Gasteiger partial charge is 0.573 e. The van der Waals surface area contributed by atoms with Crippen molar-refractivity contribution >= 4 is 16.9 Å². The zero-order valence-electron chi connectivity index (χ0n) is 18.4. The topological polar surface area (TPSA) is 57.9 Å². The van der Waals surface area contributed by atoms with Crippen molar-refractivity contribution in [2.45, 2.75) is 53.5 Å². The highest BCUT2D eigenvalue weighted by molar-refractivity contribution is 5.83. The molecule has 3 rings (SSSR count). The number of hydrogen-bond donors (Lipinski definition) is 0. The molecule has 32 heavy (non-hydrogen) atoms. The fourth-order valence-corrected chi connectivity index (χ4v) is 3.53. The van der Waals surface area contributed by atoms with Gasteiger partial charge in [-0.2, -0.15) is 0 Å². The van der Waals surface area contributed by atoms with Crippen LogP contribution in [0.15, 0.2) is 34.7 Å². The molecule has 2 aromatic carbocycles. The summed E-state index contributed by atoms with van der Waals surface area (Å²) in [6.07, 6.45) is -3.96. The zero-order chi connectivity index (χ0) is 23.5. The fraction of sp³-hybridized carbons (Fsp3) is 0.375. The van der Waals surface area contributed by atoms with Crippen LogP contribution in [0.5, 0.6) is 11.5 Å². The van der Waals surface area contributed by atoms with E-state index in [1.807, 2.05) is 19.9 Å². The normalized spacial score (nSPS) is 11.6. The van der Waals surface area contributed by atoms with Crippen LogP contribution in [-0.4, -0.2) is 18.9 Å². The van der Waals surface area contributed by atoms with Gasteiger partial charge in [-0.05, 0) is 75.1 Å². The van der Waals surface area contributed by atoms with E-state index in [9.17, 15) is 18.0 Å². The van der Waals surface area contributed by atoms with Crippen LogP contribution < -0.4 is 9.47 Å². The Labute approximate surface area is 184 Å². The van der Waals surface area contributed by atoms with Gasteiger partial charge in [0.05, 0.1) is 6.61 Å². The predicted octanol–water partition coefficient (Wildman–Crippen LogP) is 6.33. The molecule has 0 aliphatic rings. The van der Waals surface area contributed by atoms with Crippen molar-refractivity contribution in [3.8, 4) is 11.5 Å². The summed E-state index contributed by atoms with van der Waals surface area (Å²) in [6.45, 7) is 7.67. The smallest absolute Gasteiger partial charge is 0.488 e. The number of hydrogen-bond acceptors (Lipinski definition) is 5. The number of aryl methyl sites for hydroxylation is 2. The van der Waals surface area contributed by atoms with Crippen molar-refractivity contribution in [1.29, 1.82) is 0 Å². The summed E-state index contributed by atoms with van der Waals surface area (Å²) in [6, 6.07) is 7.89. The monoisotopic (exact) mass is 450 g/mol. The third-order valence-electron chi connectivity index (χ3n) is 5.16. The number of benzene rings is 2. The first kappa shape index (κ1) is 23.5. The van der Waals surface area contributed by atoms with Crippen LogP contribution >= 0.6 is 0 Å². The molecule has 0 unspecified atom stereocenters. The van der Waals surface area contributed by atoms with Gasteiger partial charge in [0.25, 0.3) is 0 Å². The average molecular weight is 450 g/mol. The van der Waals surface area contributed by atoms with Gasteiger partial charge in [-0.25, -0.2) is 0 Å². The lowest BCUT2D eigenvalue weighted by molar-refractivity contribution is -0.274. The van der Waals surface area contributed by atoms with Gasteiger partial charge in [-0.15, -0.1) is 13.2 Å². The van der Waals surface area contributed by atoms with Crippen LogP contribution in [0.3, 0.4) is 0 Å². The third kappa shape index (κ3) is 5.75. The number of ether oxygens (including phenoxy) is 3. The third-order valence-corrected chi connectivity index (χ3v) is 5.16. The van der Waals surface area contributed by atoms with Gasteiger partial charge >= 0.3 is 12.3 Å². The molecule has 8 heteroatoms. The Kier molecular flexibility index (Phi) is 7.01. The Morgan fingerprint density at radius 3 is 2.47 bits per heavy atom. The molecule has 0 fully saturated rings. The molecule has 0 spiro atoms. The van der Waals surface area contributed by atoms with Gasteiger partial charge in [0.1, 0.15) is 29.4 Å². The molecule has 0 amide bonds. The van der Waals surface area contributed by atoms with Gasteiger partial charge in [0, 0.05) is 17.4 Å². The minimum Gasteiger partial charge on any atom is -0.488 e. The number of fused-ring (bicyclic) bond motifs is 1. The molecule has 0 radical (unpaired) electrons. The van der Waals surface area contributed by atoms with E-state index in [0.29, 0.717) is 41.1 Å². The van der Waals surface area contributed by atoms with E-state index in [1.54, 1.807) is 26.0 Å². The molecule has 0 N–H and O–H groups in total. The van der Waals surface area contributed by atoms with Crippen LogP contribution in [0.4, 0.5) is 13.2 Å². The second kappa shape index (κ2) is 9.54. The molecular weight excluding hydrogens is 425 g/mol. The number of rotatable bonds is 8. The van der Waals surface area contributed by atoms with Gasteiger partial charge in [-0.3, -0.25) is 4.79 Å². The van der Waals surface area contributed by atoms with Gasteiger partial charge < -0.3 is 18.6 Å². The Morgan fingerprint density at radius 2 is 1.78 bits per heavy atom. The highest BCUT2D eigenvalue weighted by Gasteiger charge is 2.31. The maximum atomic E-state index is 12.7. The summed E-state index contributed by atoms with van der Waals surface area (Å²) >= 11 is 0. The number of carbonyl (C=O) groups is 1. The van der Waals surface area contributed by atoms with Crippen molar-refractivity contribution in [3.05, 3.63) is 58.3 Å². The lowest BCUT2D eigenvalue weighted by Crippen LogP contribution is -2.17. The second-order valence-corrected chi connectivity index (χ2v) is 7.47. The van der Waals surface area contributed by atoms with E-state index in [4.69, 9.17) is 13.9 Å². The van der Waals surface area contributed by atoms with E-state index in [2.05, 4.69) is 4.74 Å². The maximum absolute atomic E-state index is 12.7. The number of carbonyl (C=O) groups excluding carboxylic acids is 1. The summed E-state index contributed by atoms with van der Waals surface area (Å²) < 4.78 is 58.8. The van der Waals surface area contributed by atoms with Crippen LogP contribution in [0, 0.1) is 20.8 Å². The maximum Gasteiger partial charge on any atom is 0.573 e. The fourth-order valence-electron chi connectivity index (χ4n) is 3.53. The van der Waals surface area contributed by atoms with E-state index in [1.165, 1.54) is 12.1 Å². The van der Waals surface area contributed by atoms with E-state index < -0.39 is 6.36 Å². The summed E-state index contributed by atoms with van der Waals surface area (Å²) in [7, 11) is 0. The zero-order valence-corrected chi connectivity index (χ0v) is 18.4. The van der Waals surface area contributed by atoms with Gasteiger partial charge in [-0.1, -0.05) is 6.07 Å². The molecule has 3 aromatic rings. The highest BCUT2D eigenvalue weighted by Crippen LogP contribution is 2.33. The number of esters is 1. The van der Waals surface area contributed by atoms with E-state index in [0.717, 1.165) is 16.7 Å².